The van der Waals surface area contributed by atoms with Gasteiger partial charge in [-0.05, 0) is 19.3 Å². The maximum absolute atomic E-state index is 11.6. The lowest BCUT2D eigenvalue weighted by atomic mass is 10.1. The number of carbonyl (C=O) groups is 2. The Labute approximate surface area is 124 Å². The molecule has 0 aromatic carbocycles. The largest absolute Gasteiger partial charge is 0.481 e. The summed E-state index contributed by atoms with van der Waals surface area (Å²) in [7, 11) is 1.85. The molecule has 0 radical (unpaired) electrons. The average molecular weight is 296 g/mol. The molecule has 2 amide bonds. The molecule has 0 spiro atoms. The number of urea groups is 1. The number of nitrogens with zero attached hydrogens (tertiary/aromatic N) is 2. The Hall–Kier alpha value is -2.05. The van der Waals surface area contributed by atoms with Crippen LogP contribution in [0.3, 0.4) is 0 Å². The predicted molar refractivity (Wildman–Crippen MR) is 78.9 cm³/mol. The van der Waals surface area contributed by atoms with Crippen molar-refractivity contribution < 1.29 is 14.7 Å². The van der Waals surface area contributed by atoms with Crippen LogP contribution in [0.25, 0.3) is 0 Å². The Morgan fingerprint density at radius 1 is 1.43 bits per heavy atom. The van der Waals surface area contributed by atoms with Gasteiger partial charge in [-0.1, -0.05) is 13.8 Å². The lowest BCUT2D eigenvalue weighted by Gasteiger charge is -2.08. The molecule has 1 unspecified atom stereocenters. The monoisotopic (exact) mass is 296 g/mol. The molecule has 0 aliphatic rings. The second-order valence-electron chi connectivity index (χ2n) is 5.12. The van der Waals surface area contributed by atoms with E-state index >= 15 is 0 Å². The van der Waals surface area contributed by atoms with Crippen molar-refractivity contribution in [1.29, 1.82) is 0 Å². The maximum Gasteiger partial charge on any atom is 0.315 e. The van der Waals surface area contributed by atoms with Crippen LogP contribution in [0.5, 0.6) is 0 Å². The lowest BCUT2D eigenvalue weighted by molar-refractivity contribution is -0.141. The molecule has 0 saturated carbocycles. The van der Waals surface area contributed by atoms with Crippen LogP contribution in [0.2, 0.25) is 0 Å². The smallest absolute Gasteiger partial charge is 0.315 e. The van der Waals surface area contributed by atoms with Crippen molar-refractivity contribution in [3.05, 3.63) is 17.5 Å². The number of aryl methyl sites for hydroxylation is 2. The van der Waals surface area contributed by atoms with Gasteiger partial charge in [0.05, 0.1) is 11.6 Å². The molecule has 1 aromatic rings. The highest BCUT2D eigenvalue weighted by Gasteiger charge is 2.10. The second-order valence-corrected chi connectivity index (χ2v) is 5.12. The molecular weight excluding hydrogens is 272 g/mol. The molecule has 118 valence electrons. The second kappa shape index (κ2) is 8.28. The van der Waals surface area contributed by atoms with Gasteiger partial charge in [0.2, 0.25) is 0 Å². The third-order valence-electron chi connectivity index (χ3n) is 3.29. The number of carboxylic acid groups (broad SMARTS) is 1. The van der Waals surface area contributed by atoms with E-state index < -0.39 is 5.97 Å². The van der Waals surface area contributed by atoms with Gasteiger partial charge in [-0.3, -0.25) is 9.48 Å². The van der Waals surface area contributed by atoms with Gasteiger partial charge >= 0.3 is 12.0 Å². The SMILES string of the molecule is CCc1nn(C)cc1CNC(=O)NCCCC(C)C(=O)O. The standard InChI is InChI=1S/C14H24N4O3/c1-4-12-11(9-18(3)17-12)8-16-14(21)15-7-5-6-10(2)13(19)20/h9-10H,4-8H2,1-3H3,(H,19,20)(H2,15,16,21). The molecule has 7 heteroatoms. The zero-order chi connectivity index (χ0) is 15.8. The first-order valence-electron chi connectivity index (χ1n) is 7.20. The van der Waals surface area contributed by atoms with Gasteiger partial charge in [0, 0.05) is 31.9 Å². The summed E-state index contributed by atoms with van der Waals surface area (Å²) in [5, 5.41) is 18.6. The van der Waals surface area contributed by atoms with Crippen LogP contribution < -0.4 is 10.6 Å². The number of rotatable bonds is 8. The van der Waals surface area contributed by atoms with Crippen LogP contribution in [0.1, 0.15) is 37.9 Å². The molecule has 0 saturated heterocycles. The van der Waals surface area contributed by atoms with Crippen LogP contribution in [-0.2, 0) is 24.8 Å². The zero-order valence-electron chi connectivity index (χ0n) is 12.8. The number of hydrogen-bond donors (Lipinski definition) is 3. The summed E-state index contributed by atoms with van der Waals surface area (Å²) in [6.07, 6.45) is 3.92. The molecule has 1 rings (SSSR count). The van der Waals surface area contributed by atoms with E-state index in [1.54, 1.807) is 11.6 Å². The van der Waals surface area contributed by atoms with Gasteiger partial charge < -0.3 is 15.7 Å². The summed E-state index contributed by atoms with van der Waals surface area (Å²) in [6.45, 7) is 4.60. The minimum atomic E-state index is -0.803. The first-order chi connectivity index (χ1) is 9.93. The summed E-state index contributed by atoms with van der Waals surface area (Å²) >= 11 is 0. The van der Waals surface area contributed by atoms with Crippen molar-refractivity contribution in [2.45, 2.75) is 39.7 Å². The van der Waals surface area contributed by atoms with E-state index in [1.165, 1.54) is 0 Å². The molecule has 0 fully saturated rings. The Morgan fingerprint density at radius 2 is 2.14 bits per heavy atom. The summed E-state index contributed by atoms with van der Waals surface area (Å²) in [5.41, 5.74) is 1.99. The number of nitrogens with one attached hydrogen (secondary N) is 2. The van der Waals surface area contributed by atoms with Crippen molar-refractivity contribution >= 4 is 12.0 Å². The predicted octanol–water partition coefficient (Wildman–Crippen LogP) is 1.28. The molecule has 0 bridgehead atoms. The van der Waals surface area contributed by atoms with Crippen LogP contribution in [-0.4, -0.2) is 33.4 Å². The number of amides is 2. The first-order valence-corrected chi connectivity index (χ1v) is 7.20. The Bertz CT molecular complexity index is 485. The average Bonchev–Trinajstić information content (AvgIpc) is 2.81. The third-order valence-corrected chi connectivity index (χ3v) is 3.29. The quantitative estimate of drug-likeness (QED) is 0.630. The van der Waals surface area contributed by atoms with E-state index in [1.807, 2.05) is 20.2 Å². The Balaban J connectivity index is 2.23. The minimum absolute atomic E-state index is 0.246. The van der Waals surface area contributed by atoms with Crippen molar-refractivity contribution in [3.8, 4) is 0 Å². The molecule has 1 atom stereocenters. The molecule has 1 aromatic heterocycles. The number of aliphatic carboxylic acids is 1. The van der Waals surface area contributed by atoms with E-state index in [-0.39, 0.29) is 11.9 Å². The fraction of sp³-hybridized carbons (Fsp3) is 0.643. The number of carboxylic acids is 1. The Kier molecular flexibility index (Phi) is 6.71. The molecular formula is C14H24N4O3. The van der Waals surface area contributed by atoms with Crippen molar-refractivity contribution in [1.82, 2.24) is 20.4 Å². The van der Waals surface area contributed by atoms with Gasteiger partial charge in [-0.25, -0.2) is 4.79 Å². The van der Waals surface area contributed by atoms with Gasteiger partial charge in [0.15, 0.2) is 0 Å². The molecule has 0 aliphatic heterocycles. The molecule has 7 nitrogen and oxygen atoms in total. The molecule has 1 heterocycles. The Morgan fingerprint density at radius 3 is 2.76 bits per heavy atom. The maximum atomic E-state index is 11.6. The van der Waals surface area contributed by atoms with Gasteiger partial charge in [0.25, 0.3) is 0 Å². The van der Waals surface area contributed by atoms with Crippen molar-refractivity contribution in [2.24, 2.45) is 13.0 Å². The number of hydrogen-bond acceptors (Lipinski definition) is 3. The summed E-state index contributed by atoms with van der Waals surface area (Å²) in [6, 6.07) is -0.246. The van der Waals surface area contributed by atoms with Gasteiger partial charge in [-0.2, -0.15) is 5.10 Å². The topological polar surface area (TPSA) is 96.3 Å². The lowest BCUT2D eigenvalue weighted by Crippen LogP contribution is -2.35. The minimum Gasteiger partial charge on any atom is -0.481 e. The fourth-order valence-corrected chi connectivity index (χ4v) is 2.00. The molecule has 0 aliphatic carbocycles. The summed E-state index contributed by atoms with van der Waals surface area (Å²) in [4.78, 5) is 22.3. The van der Waals surface area contributed by atoms with E-state index in [0.29, 0.717) is 25.9 Å². The normalized spacial score (nSPS) is 12.0. The van der Waals surface area contributed by atoms with Gasteiger partial charge in [0.1, 0.15) is 0 Å². The molecule has 21 heavy (non-hydrogen) atoms. The number of aromatic nitrogens is 2. The van der Waals surface area contributed by atoms with Crippen molar-refractivity contribution in [2.75, 3.05) is 6.54 Å². The summed E-state index contributed by atoms with van der Waals surface area (Å²) < 4.78 is 1.74. The third kappa shape index (κ3) is 5.85. The van der Waals surface area contributed by atoms with Crippen LogP contribution in [0.4, 0.5) is 4.79 Å². The van der Waals surface area contributed by atoms with E-state index in [0.717, 1.165) is 17.7 Å². The van der Waals surface area contributed by atoms with Crippen LogP contribution in [0, 0.1) is 5.92 Å². The van der Waals surface area contributed by atoms with E-state index in [2.05, 4.69) is 15.7 Å². The zero-order valence-corrected chi connectivity index (χ0v) is 12.8. The van der Waals surface area contributed by atoms with E-state index in [4.69, 9.17) is 5.11 Å². The van der Waals surface area contributed by atoms with Crippen LogP contribution >= 0.6 is 0 Å². The van der Waals surface area contributed by atoms with E-state index in [9.17, 15) is 9.59 Å². The van der Waals surface area contributed by atoms with Crippen LogP contribution in [0.15, 0.2) is 6.20 Å². The highest BCUT2D eigenvalue weighted by atomic mass is 16.4. The molecule has 3 N–H and O–H groups in total. The fourth-order valence-electron chi connectivity index (χ4n) is 2.00. The summed E-state index contributed by atoms with van der Waals surface area (Å²) in [5.74, 6) is -1.18. The van der Waals surface area contributed by atoms with Gasteiger partial charge in [-0.15, -0.1) is 0 Å². The number of carbonyl (C=O) groups excluding carboxylic acids is 1. The van der Waals surface area contributed by atoms with Crippen molar-refractivity contribution in [3.63, 3.8) is 0 Å². The first kappa shape index (κ1) is 17.0. The highest BCUT2D eigenvalue weighted by molar-refractivity contribution is 5.73. The highest BCUT2D eigenvalue weighted by Crippen LogP contribution is 2.06.